The highest BCUT2D eigenvalue weighted by molar-refractivity contribution is 5.81. The number of aromatic nitrogens is 3. The van der Waals surface area contributed by atoms with Crippen molar-refractivity contribution in [2.45, 2.75) is 32.7 Å². The fourth-order valence-electron chi connectivity index (χ4n) is 3.68. The minimum absolute atomic E-state index is 0.596. The first-order valence-corrected chi connectivity index (χ1v) is 8.62. The first kappa shape index (κ1) is 15.3. The van der Waals surface area contributed by atoms with Crippen molar-refractivity contribution in [1.29, 1.82) is 0 Å². The molecule has 1 aromatic carbocycles. The molecular weight excluding hydrogens is 300 g/mol. The number of rotatable bonds is 4. The summed E-state index contributed by atoms with van der Waals surface area (Å²) in [7, 11) is 0. The Morgan fingerprint density at radius 2 is 2.17 bits per heavy atom. The van der Waals surface area contributed by atoms with Gasteiger partial charge in [0.2, 0.25) is 5.89 Å². The van der Waals surface area contributed by atoms with Gasteiger partial charge in [-0.25, -0.2) is 0 Å². The van der Waals surface area contributed by atoms with Gasteiger partial charge in [0.25, 0.3) is 0 Å². The first-order chi connectivity index (χ1) is 11.8. The summed E-state index contributed by atoms with van der Waals surface area (Å²) in [6.07, 6.45) is 5.24. The van der Waals surface area contributed by atoms with Gasteiger partial charge in [-0.15, -0.1) is 0 Å². The molecule has 0 bridgehead atoms. The summed E-state index contributed by atoms with van der Waals surface area (Å²) >= 11 is 0. The Morgan fingerprint density at radius 1 is 1.25 bits per heavy atom. The fraction of sp³-hybridized carbons (Fsp3) is 0.421. The SMILES string of the molecule is Cc1nc(C[C@@H]2CCCN(Cc3cccc4cccnc34)C2)no1. The van der Waals surface area contributed by atoms with E-state index in [4.69, 9.17) is 4.52 Å². The third-order valence-corrected chi connectivity index (χ3v) is 4.75. The molecule has 1 atom stereocenters. The average molecular weight is 322 g/mol. The maximum atomic E-state index is 5.09. The van der Waals surface area contributed by atoms with E-state index in [1.807, 2.05) is 19.2 Å². The molecule has 0 radical (unpaired) electrons. The fourth-order valence-corrected chi connectivity index (χ4v) is 3.68. The van der Waals surface area contributed by atoms with Gasteiger partial charge in [0.15, 0.2) is 5.82 Å². The Bertz CT molecular complexity index is 824. The van der Waals surface area contributed by atoms with Gasteiger partial charge in [-0.05, 0) is 36.9 Å². The molecule has 0 amide bonds. The zero-order valence-electron chi connectivity index (χ0n) is 14.0. The second-order valence-electron chi connectivity index (χ2n) is 6.67. The third-order valence-electron chi connectivity index (χ3n) is 4.75. The number of hydrogen-bond donors (Lipinski definition) is 0. The number of aryl methyl sites for hydroxylation is 1. The number of hydrogen-bond acceptors (Lipinski definition) is 5. The van der Waals surface area contributed by atoms with E-state index in [0.717, 1.165) is 37.4 Å². The van der Waals surface area contributed by atoms with Crippen molar-refractivity contribution < 1.29 is 4.52 Å². The summed E-state index contributed by atoms with van der Waals surface area (Å²) in [5.74, 6) is 2.09. The van der Waals surface area contributed by atoms with Crippen molar-refractivity contribution >= 4 is 10.9 Å². The minimum Gasteiger partial charge on any atom is -0.340 e. The Balaban J connectivity index is 1.46. The van der Waals surface area contributed by atoms with Crippen LogP contribution in [-0.4, -0.2) is 33.1 Å². The molecule has 0 saturated carbocycles. The molecule has 1 aliphatic rings. The quantitative estimate of drug-likeness (QED) is 0.737. The van der Waals surface area contributed by atoms with Crippen molar-refractivity contribution in [3.8, 4) is 0 Å². The van der Waals surface area contributed by atoms with Crippen LogP contribution in [0.1, 0.15) is 30.1 Å². The van der Waals surface area contributed by atoms with E-state index < -0.39 is 0 Å². The van der Waals surface area contributed by atoms with E-state index in [9.17, 15) is 0 Å². The Kier molecular flexibility index (Phi) is 4.26. The lowest BCUT2D eigenvalue weighted by Crippen LogP contribution is -2.36. The highest BCUT2D eigenvalue weighted by Gasteiger charge is 2.22. The summed E-state index contributed by atoms with van der Waals surface area (Å²) in [5.41, 5.74) is 2.43. The summed E-state index contributed by atoms with van der Waals surface area (Å²) in [6.45, 7) is 5.02. The van der Waals surface area contributed by atoms with Gasteiger partial charge < -0.3 is 4.52 Å². The summed E-state index contributed by atoms with van der Waals surface area (Å²) in [6, 6.07) is 10.6. The van der Waals surface area contributed by atoms with Crippen LogP contribution in [0.3, 0.4) is 0 Å². The van der Waals surface area contributed by atoms with Crippen molar-refractivity contribution in [2.75, 3.05) is 13.1 Å². The molecule has 5 heteroatoms. The van der Waals surface area contributed by atoms with Crippen LogP contribution < -0.4 is 0 Å². The number of benzene rings is 1. The highest BCUT2D eigenvalue weighted by atomic mass is 16.5. The van der Waals surface area contributed by atoms with Crippen LogP contribution in [0.2, 0.25) is 0 Å². The summed E-state index contributed by atoms with van der Waals surface area (Å²) in [4.78, 5) is 11.5. The largest absolute Gasteiger partial charge is 0.340 e. The predicted octanol–water partition coefficient (Wildman–Crippen LogP) is 3.38. The van der Waals surface area contributed by atoms with Gasteiger partial charge in [-0.1, -0.05) is 29.4 Å². The molecule has 3 heterocycles. The smallest absolute Gasteiger partial charge is 0.223 e. The van der Waals surface area contributed by atoms with Crippen LogP contribution >= 0.6 is 0 Å². The van der Waals surface area contributed by atoms with Crippen LogP contribution in [0.4, 0.5) is 0 Å². The van der Waals surface area contributed by atoms with E-state index in [1.54, 1.807) is 0 Å². The van der Waals surface area contributed by atoms with Gasteiger partial charge >= 0.3 is 0 Å². The lowest BCUT2D eigenvalue weighted by atomic mass is 9.94. The predicted molar refractivity (Wildman–Crippen MR) is 92.5 cm³/mol. The lowest BCUT2D eigenvalue weighted by Gasteiger charge is -2.32. The molecule has 0 N–H and O–H groups in total. The molecule has 1 fully saturated rings. The molecule has 1 saturated heterocycles. The van der Waals surface area contributed by atoms with Gasteiger partial charge in [0.1, 0.15) is 0 Å². The van der Waals surface area contributed by atoms with Gasteiger partial charge in [0, 0.05) is 38.0 Å². The Labute approximate surface area is 141 Å². The molecule has 24 heavy (non-hydrogen) atoms. The number of nitrogens with zero attached hydrogens (tertiary/aromatic N) is 4. The van der Waals surface area contributed by atoms with Gasteiger partial charge in [-0.2, -0.15) is 4.98 Å². The highest BCUT2D eigenvalue weighted by Crippen LogP contribution is 2.23. The van der Waals surface area contributed by atoms with Crippen molar-refractivity contribution in [2.24, 2.45) is 5.92 Å². The molecular formula is C19H22N4O. The number of likely N-dealkylation sites (tertiary alicyclic amines) is 1. The van der Waals surface area contributed by atoms with Crippen molar-refractivity contribution in [3.05, 3.63) is 53.8 Å². The first-order valence-electron chi connectivity index (χ1n) is 8.62. The Morgan fingerprint density at radius 3 is 3.04 bits per heavy atom. The molecule has 0 aliphatic carbocycles. The van der Waals surface area contributed by atoms with Crippen LogP contribution in [-0.2, 0) is 13.0 Å². The maximum Gasteiger partial charge on any atom is 0.223 e. The maximum absolute atomic E-state index is 5.09. The number of fused-ring (bicyclic) bond motifs is 1. The second kappa shape index (κ2) is 6.69. The van der Waals surface area contributed by atoms with Crippen LogP contribution in [0, 0.1) is 12.8 Å². The van der Waals surface area contributed by atoms with E-state index in [-0.39, 0.29) is 0 Å². The molecule has 3 aromatic rings. The molecule has 2 aromatic heterocycles. The molecule has 5 nitrogen and oxygen atoms in total. The number of pyridine rings is 1. The zero-order valence-corrected chi connectivity index (χ0v) is 14.0. The zero-order chi connectivity index (χ0) is 16.4. The number of para-hydroxylation sites is 1. The van der Waals surface area contributed by atoms with Crippen LogP contribution in [0.15, 0.2) is 41.1 Å². The number of piperidine rings is 1. The van der Waals surface area contributed by atoms with Crippen molar-refractivity contribution in [3.63, 3.8) is 0 Å². The van der Waals surface area contributed by atoms with Gasteiger partial charge in [0.05, 0.1) is 5.52 Å². The lowest BCUT2D eigenvalue weighted by molar-refractivity contribution is 0.165. The Hall–Kier alpha value is -2.27. The molecule has 0 spiro atoms. The summed E-state index contributed by atoms with van der Waals surface area (Å²) < 4.78 is 5.09. The normalized spacial score (nSPS) is 19.0. The minimum atomic E-state index is 0.596. The standard InChI is InChI=1S/C19H22N4O/c1-14-21-18(22-24-14)11-15-5-4-10-23(12-15)13-17-7-2-6-16-8-3-9-20-19(16)17/h2-3,6-9,15H,4-5,10-13H2,1H3/t15-/m0/s1. The molecule has 1 aliphatic heterocycles. The van der Waals surface area contributed by atoms with Crippen molar-refractivity contribution in [1.82, 2.24) is 20.0 Å². The average Bonchev–Trinajstić information content (AvgIpc) is 3.00. The third kappa shape index (κ3) is 3.31. The van der Waals surface area contributed by atoms with Crippen LogP contribution in [0.5, 0.6) is 0 Å². The topological polar surface area (TPSA) is 55.1 Å². The second-order valence-corrected chi connectivity index (χ2v) is 6.67. The molecule has 4 rings (SSSR count). The van der Waals surface area contributed by atoms with E-state index in [1.165, 1.54) is 23.8 Å². The monoisotopic (exact) mass is 322 g/mol. The van der Waals surface area contributed by atoms with Gasteiger partial charge in [-0.3, -0.25) is 9.88 Å². The van der Waals surface area contributed by atoms with Crippen LogP contribution in [0.25, 0.3) is 10.9 Å². The van der Waals surface area contributed by atoms with E-state index in [2.05, 4.69) is 44.3 Å². The van der Waals surface area contributed by atoms with E-state index in [0.29, 0.717) is 11.8 Å². The molecule has 124 valence electrons. The molecule has 0 unspecified atom stereocenters. The van der Waals surface area contributed by atoms with E-state index >= 15 is 0 Å². The summed E-state index contributed by atoms with van der Waals surface area (Å²) in [5, 5.41) is 5.26.